The first kappa shape index (κ1) is 21.4. The number of hydrogen-bond acceptors (Lipinski definition) is 3. The number of amides is 1. The van der Waals surface area contributed by atoms with Gasteiger partial charge >= 0.3 is 0 Å². The molecule has 0 unspecified atom stereocenters. The van der Waals surface area contributed by atoms with Crippen LogP contribution in [0.5, 0.6) is 0 Å². The zero-order valence-electron chi connectivity index (χ0n) is 17.4. The van der Waals surface area contributed by atoms with Crippen LogP contribution in [-0.2, 0) is 16.1 Å². The van der Waals surface area contributed by atoms with Crippen LogP contribution in [-0.4, -0.2) is 29.7 Å². The Hall–Kier alpha value is -2.88. The van der Waals surface area contributed by atoms with Gasteiger partial charge in [0.1, 0.15) is 11.6 Å². The fraction of sp³-hybridized carbons (Fsp3) is 0.280. The van der Waals surface area contributed by atoms with E-state index >= 15 is 0 Å². The molecule has 1 aliphatic rings. The molecule has 4 rings (SSSR count). The number of fused-ring (bicyclic) bond motifs is 1. The fourth-order valence-corrected chi connectivity index (χ4v) is 4.28. The number of carbonyl (C=O) groups is 1. The second-order valence-electron chi connectivity index (χ2n) is 7.74. The summed E-state index contributed by atoms with van der Waals surface area (Å²) in [5.74, 6) is -0.359. The zero-order valence-corrected chi connectivity index (χ0v) is 19.0. The van der Waals surface area contributed by atoms with E-state index in [1.54, 1.807) is 6.08 Å². The lowest BCUT2D eigenvalue weighted by molar-refractivity contribution is -0.117. The molecule has 0 aliphatic carbocycles. The molecule has 0 bridgehead atoms. The van der Waals surface area contributed by atoms with E-state index in [9.17, 15) is 10.1 Å². The summed E-state index contributed by atoms with van der Waals surface area (Å²) in [4.78, 5) is 12.6. The number of carbonyl (C=O) groups excluding carboxylic acids is 1. The van der Waals surface area contributed by atoms with Gasteiger partial charge in [0.15, 0.2) is 0 Å². The lowest BCUT2D eigenvalue weighted by Gasteiger charge is -2.10. The highest BCUT2D eigenvalue weighted by Crippen LogP contribution is 2.29. The number of nitriles is 1. The minimum absolute atomic E-state index is 0.0402. The van der Waals surface area contributed by atoms with Gasteiger partial charge in [0.2, 0.25) is 0 Å². The van der Waals surface area contributed by atoms with Crippen LogP contribution in [0, 0.1) is 18.3 Å². The summed E-state index contributed by atoms with van der Waals surface area (Å²) in [6, 6.07) is 18.4. The molecule has 1 fully saturated rings. The second kappa shape index (κ2) is 9.51. The molecule has 2 heterocycles. The third kappa shape index (κ3) is 4.73. The van der Waals surface area contributed by atoms with Crippen molar-refractivity contribution in [1.29, 1.82) is 5.26 Å². The maximum atomic E-state index is 12.6. The number of para-hydroxylation sites is 1. The predicted molar refractivity (Wildman–Crippen MR) is 125 cm³/mol. The molecular weight excluding hydrogens is 454 g/mol. The molecule has 6 heteroatoms. The van der Waals surface area contributed by atoms with E-state index in [-0.39, 0.29) is 17.6 Å². The Kier molecular flexibility index (Phi) is 6.55. The van der Waals surface area contributed by atoms with Crippen molar-refractivity contribution >= 4 is 38.8 Å². The van der Waals surface area contributed by atoms with E-state index in [1.165, 1.54) is 5.56 Å². The molecular formula is C25H24BrN3O2. The quantitative estimate of drug-likeness (QED) is 0.402. The molecule has 158 valence electrons. The Morgan fingerprint density at radius 1 is 1.29 bits per heavy atom. The van der Waals surface area contributed by atoms with Crippen molar-refractivity contribution in [3.63, 3.8) is 0 Å². The largest absolute Gasteiger partial charge is 0.376 e. The number of halogens is 1. The SMILES string of the molecule is Cc1c(/C=C(/C#N)C(=O)NC[C@@H]2CCCO2)c2ccccc2n1Cc1ccc(Br)cc1. The summed E-state index contributed by atoms with van der Waals surface area (Å²) in [6.45, 7) is 3.91. The monoisotopic (exact) mass is 477 g/mol. The van der Waals surface area contributed by atoms with Crippen molar-refractivity contribution < 1.29 is 9.53 Å². The van der Waals surface area contributed by atoms with Gasteiger partial charge in [-0.05, 0) is 49.6 Å². The lowest BCUT2D eigenvalue weighted by Crippen LogP contribution is -2.32. The van der Waals surface area contributed by atoms with E-state index in [0.29, 0.717) is 13.1 Å². The molecule has 31 heavy (non-hydrogen) atoms. The van der Waals surface area contributed by atoms with Gasteiger partial charge < -0.3 is 14.6 Å². The second-order valence-corrected chi connectivity index (χ2v) is 8.66. The van der Waals surface area contributed by atoms with Crippen LogP contribution in [0.4, 0.5) is 0 Å². The Balaban J connectivity index is 1.66. The molecule has 1 atom stereocenters. The van der Waals surface area contributed by atoms with E-state index < -0.39 is 0 Å². The van der Waals surface area contributed by atoms with Crippen molar-refractivity contribution in [1.82, 2.24) is 9.88 Å². The van der Waals surface area contributed by atoms with E-state index in [0.717, 1.165) is 46.1 Å². The maximum Gasteiger partial charge on any atom is 0.262 e. The number of hydrogen-bond donors (Lipinski definition) is 1. The van der Waals surface area contributed by atoms with Crippen molar-refractivity contribution in [2.24, 2.45) is 0 Å². The van der Waals surface area contributed by atoms with Crippen LogP contribution < -0.4 is 5.32 Å². The first-order valence-corrected chi connectivity index (χ1v) is 11.2. The normalized spacial score (nSPS) is 16.4. The van der Waals surface area contributed by atoms with Crippen molar-refractivity contribution in [3.05, 3.63) is 75.4 Å². The van der Waals surface area contributed by atoms with Crippen molar-refractivity contribution in [3.8, 4) is 6.07 Å². The molecule has 2 aromatic carbocycles. The number of nitrogens with one attached hydrogen (secondary N) is 1. The number of benzene rings is 2. The average molecular weight is 478 g/mol. The van der Waals surface area contributed by atoms with Gasteiger partial charge in [-0.25, -0.2) is 0 Å². The molecule has 1 amide bonds. The summed E-state index contributed by atoms with van der Waals surface area (Å²) >= 11 is 3.48. The Bertz CT molecular complexity index is 1170. The number of rotatable bonds is 6. The fourth-order valence-electron chi connectivity index (χ4n) is 4.02. The highest BCUT2D eigenvalue weighted by atomic mass is 79.9. The number of nitrogens with zero attached hydrogens (tertiary/aromatic N) is 2. The number of aromatic nitrogens is 1. The molecule has 1 N–H and O–H groups in total. The van der Waals surface area contributed by atoms with Gasteiger partial charge in [0, 0.05) is 46.3 Å². The lowest BCUT2D eigenvalue weighted by atomic mass is 10.1. The third-order valence-electron chi connectivity index (χ3n) is 5.70. The summed E-state index contributed by atoms with van der Waals surface area (Å²) in [5.41, 5.74) is 4.27. The van der Waals surface area contributed by atoms with Gasteiger partial charge in [-0.1, -0.05) is 46.3 Å². The van der Waals surface area contributed by atoms with Crippen LogP contribution in [0.15, 0.2) is 58.6 Å². The zero-order chi connectivity index (χ0) is 21.8. The van der Waals surface area contributed by atoms with Crippen molar-refractivity contribution in [2.75, 3.05) is 13.2 Å². The Morgan fingerprint density at radius 3 is 2.77 bits per heavy atom. The smallest absolute Gasteiger partial charge is 0.262 e. The average Bonchev–Trinajstić information content (AvgIpc) is 3.39. The van der Waals surface area contributed by atoms with Gasteiger partial charge in [0.05, 0.1) is 6.10 Å². The first-order valence-electron chi connectivity index (χ1n) is 10.4. The molecule has 1 aromatic heterocycles. The topological polar surface area (TPSA) is 67.1 Å². The minimum Gasteiger partial charge on any atom is -0.376 e. The Labute approximate surface area is 190 Å². The summed E-state index contributed by atoms with van der Waals surface area (Å²) in [7, 11) is 0. The first-order chi connectivity index (χ1) is 15.1. The maximum absolute atomic E-state index is 12.6. The summed E-state index contributed by atoms with van der Waals surface area (Å²) < 4.78 is 8.82. The van der Waals surface area contributed by atoms with E-state index in [4.69, 9.17) is 4.74 Å². The van der Waals surface area contributed by atoms with Crippen LogP contribution in [0.1, 0.15) is 29.7 Å². The van der Waals surface area contributed by atoms with Crippen LogP contribution in [0.2, 0.25) is 0 Å². The molecule has 1 aliphatic heterocycles. The number of ether oxygens (including phenoxy) is 1. The standard InChI is InChI=1S/C25H24BrN3O2/c1-17-23(13-19(14-27)25(30)28-15-21-5-4-12-31-21)22-6-2-3-7-24(22)29(17)16-18-8-10-20(26)11-9-18/h2-3,6-11,13,21H,4-5,12,15-16H2,1H3,(H,28,30)/b19-13-/t21-/m0/s1. The molecule has 0 radical (unpaired) electrons. The molecule has 3 aromatic rings. The molecule has 0 saturated carbocycles. The summed E-state index contributed by atoms with van der Waals surface area (Å²) in [6.07, 6.45) is 3.70. The highest BCUT2D eigenvalue weighted by Gasteiger charge is 2.19. The van der Waals surface area contributed by atoms with Gasteiger partial charge in [-0.15, -0.1) is 0 Å². The van der Waals surface area contributed by atoms with Crippen LogP contribution in [0.3, 0.4) is 0 Å². The van der Waals surface area contributed by atoms with Gasteiger partial charge in [-0.2, -0.15) is 5.26 Å². The Morgan fingerprint density at radius 2 is 2.06 bits per heavy atom. The van der Waals surface area contributed by atoms with Crippen LogP contribution >= 0.6 is 15.9 Å². The molecule has 5 nitrogen and oxygen atoms in total. The van der Waals surface area contributed by atoms with Crippen LogP contribution in [0.25, 0.3) is 17.0 Å². The molecule has 1 saturated heterocycles. The van der Waals surface area contributed by atoms with Gasteiger partial charge in [0.25, 0.3) is 5.91 Å². The van der Waals surface area contributed by atoms with E-state index in [1.807, 2.05) is 37.3 Å². The minimum atomic E-state index is -0.359. The summed E-state index contributed by atoms with van der Waals surface area (Å²) in [5, 5.41) is 13.5. The third-order valence-corrected chi connectivity index (χ3v) is 6.23. The van der Waals surface area contributed by atoms with Crippen molar-refractivity contribution in [2.45, 2.75) is 32.4 Å². The van der Waals surface area contributed by atoms with Gasteiger partial charge in [-0.3, -0.25) is 4.79 Å². The highest BCUT2D eigenvalue weighted by molar-refractivity contribution is 9.10. The molecule has 0 spiro atoms. The predicted octanol–water partition coefficient (Wildman–Crippen LogP) is 4.96. The van der Waals surface area contributed by atoms with E-state index in [2.05, 4.69) is 50.1 Å².